The van der Waals surface area contributed by atoms with Crippen molar-refractivity contribution in [3.8, 4) is 5.75 Å². The summed E-state index contributed by atoms with van der Waals surface area (Å²) >= 11 is 0. The van der Waals surface area contributed by atoms with E-state index >= 15 is 0 Å². The highest BCUT2D eigenvalue weighted by atomic mass is 19.1. The average Bonchev–Trinajstić information content (AvgIpc) is 2.50. The summed E-state index contributed by atoms with van der Waals surface area (Å²) in [5.74, 6) is -0.640. The summed E-state index contributed by atoms with van der Waals surface area (Å²) in [5, 5.41) is 2.70. The van der Waals surface area contributed by atoms with E-state index in [4.69, 9.17) is 15.2 Å². The van der Waals surface area contributed by atoms with Crippen LogP contribution in [0, 0.1) is 5.82 Å². The van der Waals surface area contributed by atoms with E-state index in [9.17, 15) is 9.18 Å². The van der Waals surface area contributed by atoms with Gasteiger partial charge in [-0.15, -0.1) is 0 Å². The second kappa shape index (κ2) is 7.56. The summed E-state index contributed by atoms with van der Waals surface area (Å²) in [4.78, 5) is 12.3. The topological polar surface area (TPSA) is 73.6 Å². The van der Waals surface area contributed by atoms with Crippen LogP contribution in [0.3, 0.4) is 0 Å². The van der Waals surface area contributed by atoms with E-state index in [2.05, 4.69) is 5.32 Å². The zero-order valence-corrected chi connectivity index (χ0v) is 12.9. The molecule has 1 aromatic carbocycles. The van der Waals surface area contributed by atoms with E-state index in [-0.39, 0.29) is 18.3 Å². The number of anilines is 1. The fourth-order valence-electron chi connectivity index (χ4n) is 2.60. The van der Waals surface area contributed by atoms with E-state index in [0.717, 1.165) is 19.3 Å². The van der Waals surface area contributed by atoms with Crippen LogP contribution in [0.25, 0.3) is 0 Å². The predicted molar refractivity (Wildman–Crippen MR) is 82.4 cm³/mol. The molecule has 1 aliphatic rings. The summed E-state index contributed by atoms with van der Waals surface area (Å²) in [6.45, 7) is 0.651. The molecule has 5 nitrogen and oxygen atoms in total. The summed E-state index contributed by atoms with van der Waals surface area (Å²) in [6.07, 6.45) is 4.34. The van der Waals surface area contributed by atoms with Crippen molar-refractivity contribution in [2.75, 3.05) is 25.6 Å². The molecule has 1 saturated carbocycles. The van der Waals surface area contributed by atoms with Crippen LogP contribution in [-0.4, -0.2) is 31.8 Å². The molecule has 2 rings (SSSR count). The summed E-state index contributed by atoms with van der Waals surface area (Å²) in [5.41, 5.74) is 5.70. The lowest BCUT2D eigenvalue weighted by molar-refractivity contribution is -0.122. The Morgan fingerprint density at radius 2 is 2.05 bits per heavy atom. The van der Waals surface area contributed by atoms with Crippen LogP contribution in [0.1, 0.15) is 32.1 Å². The number of ether oxygens (including phenoxy) is 2. The lowest BCUT2D eigenvalue weighted by Crippen LogP contribution is -2.52. The van der Waals surface area contributed by atoms with Gasteiger partial charge in [-0.3, -0.25) is 4.79 Å². The average molecular weight is 310 g/mol. The molecule has 0 radical (unpaired) electrons. The normalized spacial score (nSPS) is 17.0. The molecule has 1 amide bonds. The molecule has 0 atom stereocenters. The Hall–Kier alpha value is -1.66. The highest BCUT2D eigenvalue weighted by Crippen LogP contribution is 2.28. The van der Waals surface area contributed by atoms with Crippen molar-refractivity contribution in [3.05, 3.63) is 24.0 Å². The molecule has 0 saturated heterocycles. The van der Waals surface area contributed by atoms with Crippen molar-refractivity contribution in [2.24, 2.45) is 5.73 Å². The molecule has 3 N–H and O–H groups in total. The third-order valence-corrected chi connectivity index (χ3v) is 3.93. The van der Waals surface area contributed by atoms with E-state index in [0.29, 0.717) is 25.1 Å². The number of methoxy groups -OCH3 is 1. The number of halogens is 1. The molecule has 6 heteroatoms. The molecular formula is C16H23FN2O3. The van der Waals surface area contributed by atoms with Gasteiger partial charge in [-0.05, 0) is 25.0 Å². The number of hydrogen-bond donors (Lipinski definition) is 2. The Morgan fingerprint density at radius 3 is 2.68 bits per heavy atom. The number of amides is 1. The molecule has 1 aromatic rings. The SMILES string of the molecule is COCCOc1ccc(NC(=O)C2(N)CCCCC2)cc1F. The fraction of sp³-hybridized carbons (Fsp3) is 0.562. The van der Waals surface area contributed by atoms with Gasteiger partial charge in [-0.2, -0.15) is 0 Å². The second-order valence-corrected chi connectivity index (χ2v) is 5.66. The van der Waals surface area contributed by atoms with Crippen molar-refractivity contribution in [1.29, 1.82) is 0 Å². The van der Waals surface area contributed by atoms with Crippen LogP contribution in [0.15, 0.2) is 18.2 Å². The molecule has 1 fully saturated rings. The van der Waals surface area contributed by atoms with Crippen LogP contribution in [0.5, 0.6) is 5.75 Å². The standard InChI is InChI=1S/C16H23FN2O3/c1-21-9-10-22-14-6-5-12(11-13(14)17)19-15(20)16(18)7-3-2-4-8-16/h5-6,11H,2-4,7-10,18H2,1H3,(H,19,20). The van der Waals surface area contributed by atoms with Crippen molar-refractivity contribution in [3.63, 3.8) is 0 Å². The molecule has 0 aliphatic heterocycles. The smallest absolute Gasteiger partial charge is 0.244 e. The first-order valence-electron chi connectivity index (χ1n) is 7.57. The Labute approximate surface area is 130 Å². The minimum Gasteiger partial charge on any atom is -0.488 e. The first-order chi connectivity index (χ1) is 10.5. The zero-order chi connectivity index (χ0) is 16.0. The Balaban J connectivity index is 1.98. The van der Waals surface area contributed by atoms with Gasteiger partial charge in [0.2, 0.25) is 5.91 Å². The van der Waals surface area contributed by atoms with Crippen LogP contribution < -0.4 is 15.8 Å². The Kier molecular flexibility index (Phi) is 5.74. The van der Waals surface area contributed by atoms with Gasteiger partial charge in [0.1, 0.15) is 6.61 Å². The number of hydrogen-bond acceptors (Lipinski definition) is 4. The predicted octanol–water partition coefficient (Wildman–Crippen LogP) is 2.45. The van der Waals surface area contributed by atoms with E-state index in [1.54, 1.807) is 13.2 Å². The maximum Gasteiger partial charge on any atom is 0.244 e. The molecule has 0 bridgehead atoms. The minimum atomic E-state index is -0.845. The highest BCUT2D eigenvalue weighted by Gasteiger charge is 2.35. The number of carbonyl (C=O) groups excluding carboxylic acids is 1. The van der Waals surface area contributed by atoms with Gasteiger partial charge < -0.3 is 20.5 Å². The lowest BCUT2D eigenvalue weighted by Gasteiger charge is -2.31. The van der Waals surface area contributed by atoms with Crippen molar-refractivity contribution in [1.82, 2.24) is 0 Å². The van der Waals surface area contributed by atoms with Gasteiger partial charge in [0.05, 0.1) is 12.1 Å². The molecular weight excluding hydrogens is 287 g/mol. The highest BCUT2D eigenvalue weighted by molar-refractivity contribution is 5.98. The first-order valence-corrected chi connectivity index (χ1v) is 7.57. The minimum absolute atomic E-state index is 0.134. The van der Waals surface area contributed by atoms with E-state index < -0.39 is 11.4 Å². The van der Waals surface area contributed by atoms with Crippen molar-refractivity contribution >= 4 is 11.6 Å². The number of nitrogens with two attached hydrogens (primary N) is 1. The lowest BCUT2D eigenvalue weighted by atomic mass is 9.82. The summed E-state index contributed by atoms with van der Waals surface area (Å²) in [7, 11) is 1.55. The largest absolute Gasteiger partial charge is 0.488 e. The van der Waals surface area contributed by atoms with Crippen molar-refractivity contribution < 1.29 is 18.7 Å². The van der Waals surface area contributed by atoms with Crippen LogP contribution >= 0.6 is 0 Å². The first kappa shape index (κ1) is 16.7. The van der Waals surface area contributed by atoms with Gasteiger partial charge in [0.25, 0.3) is 0 Å². The maximum absolute atomic E-state index is 13.9. The molecule has 1 aliphatic carbocycles. The number of benzene rings is 1. The molecule has 0 spiro atoms. The quantitative estimate of drug-likeness (QED) is 0.792. The molecule has 0 unspecified atom stereocenters. The van der Waals surface area contributed by atoms with Gasteiger partial charge in [-0.1, -0.05) is 19.3 Å². The van der Waals surface area contributed by atoms with E-state index in [1.807, 2.05) is 0 Å². The van der Waals surface area contributed by atoms with Crippen LogP contribution in [0.4, 0.5) is 10.1 Å². The van der Waals surface area contributed by atoms with Crippen LogP contribution in [0.2, 0.25) is 0 Å². The van der Waals surface area contributed by atoms with Crippen molar-refractivity contribution in [2.45, 2.75) is 37.6 Å². The van der Waals surface area contributed by atoms with Crippen LogP contribution in [-0.2, 0) is 9.53 Å². The molecule has 0 aromatic heterocycles. The van der Waals surface area contributed by atoms with E-state index in [1.165, 1.54) is 12.1 Å². The van der Waals surface area contributed by atoms with Gasteiger partial charge in [0, 0.05) is 18.9 Å². The fourth-order valence-corrected chi connectivity index (χ4v) is 2.60. The van der Waals surface area contributed by atoms with Gasteiger partial charge >= 0.3 is 0 Å². The van der Waals surface area contributed by atoms with Gasteiger partial charge in [-0.25, -0.2) is 4.39 Å². The summed E-state index contributed by atoms with van der Waals surface area (Å²) < 4.78 is 24.0. The zero-order valence-electron chi connectivity index (χ0n) is 12.9. The number of nitrogens with one attached hydrogen (secondary N) is 1. The second-order valence-electron chi connectivity index (χ2n) is 5.66. The monoisotopic (exact) mass is 310 g/mol. The Morgan fingerprint density at radius 1 is 1.32 bits per heavy atom. The molecule has 22 heavy (non-hydrogen) atoms. The molecule has 122 valence electrons. The van der Waals surface area contributed by atoms with Gasteiger partial charge in [0.15, 0.2) is 11.6 Å². The summed E-state index contributed by atoms with van der Waals surface area (Å²) in [6, 6.07) is 4.34. The number of rotatable bonds is 6. The third kappa shape index (κ3) is 4.18. The number of carbonyl (C=O) groups is 1. The maximum atomic E-state index is 13.9. The third-order valence-electron chi connectivity index (χ3n) is 3.93. The molecule has 0 heterocycles. The Bertz CT molecular complexity index is 516.